The number of rotatable bonds is 4. The van der Waals surface area contributed by atoms with E-state index in [1.54, 1.807) is 0 Å². The quantitative estimate of drug-likeness (QED) is 0.866. The van der Waals surface area contributed by atoms with Crippen molar-refractivity contribution >= 4 is 12.0 Å². The third-order valence-corrected chi connectivity index (χ3v) is 3.51. The number of carbonyl (C=O) groups excluding carboxylic acids is 1. The summed E-state index contributed by atoms with van der Waals surface area (Å²) >= 11 is 0. The molecule has 0 heterocycles. The van der Waals surface area contributed by atoms with E-state index in [1.165, 1.54) is 22.3 Å². The van der Waals surface area contributed by atoms with E-state index in [-0.39, 0.29) is 11.8 Å². The van der Waals surface area contributed by atoms with Gasteiger partial charge in [-0.1, -0.05) is 43.7 Å². The molecule has 0 spiro atoms. The Morgan fingerprint density at radius 1 is 1.39 bits per heavy atom. The molecule has 1 aromatic rings. The monoisotopic (exact) mass is 243 g/mol. The lowest BCUT2D eigenvalue weighted by molar-refractivity contribution is -0.118. The molecule has 2 heteroatoms. The lowest BCUT2D eigenvalue weighted by Crippen LogP contribution is -2.15. The SMILES string of the molecule is CC1=Cc2ccc(CC(C)C)cc2C1CC(N)=O. The van der Waals surface area contributed by atoms with Crippen LogP contribution >= 0.6 is 0 Å². The van der Waals surface area contributed by atoms with Gasteiger partial charge in [0, 0.05) is 12.3 Å². The molecule has 0 saturated heterocycles. The highest BCUT2D eigenvalue weighted by Gasteiger charge is 2.24. The van der Waals surface area contributed by atoms with Crippen molar-refractivity contribution in [2.75, 3.05) is 0 Å². The molecule has 18 heavy (non-hydrogen) atoms. The highest BCUT2D eigenvalue weighted by Crippen LogP contribution is 2.38. The molecule has 0 fully saturated rings. The van der Waals surface area contributed by atoms with E-state index in [0.717, 1.165) is 6.42 Å². The summed E-state index contributed by atoms with van der Waals surface area (Å²) in [5, 5.41) is 0. The summed E-state index contributed by atoms with van der Waals surface area (Å²) in [4.78, 5) is 11.2. The summed E-state index contributed by atoms with van der Waals surface area (Å²) in [7, 11) is 0. The topological polar surface area (TPSA) is 43.1 Å². The highest BCUT2D eigenvalue weighted by molar-refractivity contribution is 5.78. The van der Waals surface area contributed by atoms with Crippen molar-refractivity contribution in [1.82, 2.24) is 0 Å². The Bertz CT molecular complexity index is 500. The fraction of sp³-hybridized carbons (Fsp3) is 0.438. The number of carbonyl (C=O) groups is 1. The van der Waals surface area contributed by atoms with Gasteiger partial charge >= 0.3 is 0 Å². The standard InChI is InChI=1S/C16H21NO/c1-10(2)6-12-4-5-13-7-11(3)14(9-16(17)18)15(13)8-12/h4-5,7-8,10,14H,6,9H2,1-3H3,(H2,17,18). The van der Waals surface area contributed by atoms with Gasteiger partial charge < -0.3 is 5.73 Å². The minimum absolute atomic E-state index is 0.185. The van der Waals surface area contributed by atoms with Crippen LogP contribution in [-0.4, -0.2) is 5.91 Å². The molecule has 0 bridgehead atoms. The van der Waals surface area contributed by atoms with Gasteiger partial charge in [0.1, 0.15) is 0 Å². The second-order valence-corrected chi connectivity index (χ2v) is 5.67. The molecule has 0 aromatic heterocycles. The molecule has 1 aliphatic rings. The third-order valence-electron chi connectivity index (χ3n) is 3.51. The molecular formula is C16H21NO. The first-order valence-electron chi connectivity index (χ1n) is 6.56. The maximum absolute atomic E-state index is 11.2. The van der Waals surface area contributed by atoms with Crippen LogP contribution in [0.1, 0.15) is 49.8 Å². The Balaban J connectivity index is 2.30. The van der Waals surface area contributed by atoms with Gasteiger partial charge in [0.05, 0.1) is 0 Å². The van der Waals surface area contributed by atoms with Crippen molar-refractivity contribution in [2.24, 2.45) is 11.7 Å². The molecule has 0 aliphatic heterocycles. The average Bonchev–Trinajstić information content (AvgIpc) is 2.54. The number of primary amides is 1. The first-order chi connectivity index (χ1) is 8.47. The van der Waals surface area contributed by atoms with Gasteiger partial charge in [-0.2, -0.15) is 0 Å². The van der Waals surface area contributed by atoms with Crippen LogP contribution in [0.2, 0.25) is 0 Å². The van der Waals surface area contributed by atoms with Crippen LogP contribution in [0.15, 0.2) is 23.8 Å². The van der Waals surface area contributed by atoms with Crippen LogP contribution in [0.4, 0.5) is 0 Å². The zero-order valence-corrected chi connectivity index (χ0v) is 11.4. The maximum atomic E-state index is 11.2. The summed E-state index contributed by atoms with van der Waals surface area (Å²) < 4.78 is 0. The molecule has 2 rings (SSSR count). The Labute approximate surface area is 109 Å². The van der Waals surface area contributed by atoms with Crippen LogP contribution in [0, 0.1) is 5.92 Å². The fourth-order valence-electron chi connectivity index (χ4n) is 2.72. The molecular weight excluding hydrogens is 222 g/mol. The number of nitrogens with two attached hydrogens (primary N) is 1. The summed E-state index contributed by atoms with van der Waals surface area (Å²) in [6, 6.07) is 6.60. The van der Waals surface area contributed by atoms with E-state index in [2.05, 4.69) is 45.0 Å². The summed E-state index contributed by atoms with van der Waals surface area (Å²) in [5.74, 6) is 0.604. The molecule has 1 atom stereocenters. The molecule has 0 radical (unpaired) electrons. The fourth-order valence-corrected chi connectivity index (χ4v) is 2.72. The van der Waals surface area contributed by atoms with Crippen LogP contribution in [0.25, 0.3) is 6.08 Å². The smallest absolute Gasteiger partial charge is 0.218 e. The van der Waals surface area contributed by atoms with Gasteiger partial charge in [0.2, 0.25) is 5.91 Å². The summed E-state index contributed by atoms with van der Waals surface area (Å²) in [6.07, 6.45) is 3.66. The second-order valence-electron chi connectivity index (χ2n) is 5.67. The van der Waals surface area contributed by atoms with Crippen molar-refractivity contribution in [3.63, 3.8) is 0 Å². The zero-order chi connectivity index (χ0) is 13.3. The lowest BCUT2D eigenvalue weighted by Gasteiger charge is -2.14. The van der Waals surface area contributed by atoms with E-state index in [0.29, 0.717) is 12.3 Å². The zero-order valence-electron chi connectivity index (χ0n) is 11.4. The van der Waals surface area contributed by atoms with Gasteiger partial charge in [-0.05, 0) is 36.0 Å². The van der Waals surface area contributed by atoms with Crippen LogP contribution in [0.3, 0.4) is 0 Å². The molecule has 2 N–H and O–H groups in total. The average molecular weight is 243 g/mol. The van der Waals surface area contributed by atoms with Crippen molar-refractivity contribution in [3.8, 4) is 0 Å². The molecule has 1 amide bonds. The largest absolute Gasteiger partial charge is 0.370 e. The number of hydrogen-bond acceptors (Lipinski definition) is 1. The van der Waals surface area contributed by atoms with Crippen LogP contribution in [-0.2, 0) is 11.2 Å². The molecule has 1 unspecified atom stereocenters. The van der Waals surface area contributed by atoms with Crippen molar-refractivity contribution in [3.05, 3.63) is 40.5 Å². The molecule has 1 aliphatic carbocycles. The van der Waals surface area contributed by atoms with E-state index < -0.39 is 0 Å². The molecule has 0 saturated carbocycles. The minimum Gasteiger partial charge on any atom is -0.370 e. The van der Waals surface area contributed by atoms with E-state index in [1.807, 2.05) is 0 Å². The number of allylic oxidation sites excluding steroid dienone is 1. The summed E-state index contributed by atoms with van der Waals surface area (Å²) in [5.41, 5.74) is 10.4. The predicted octanol–water partition coefficient (Wildman–Crippen LogP) is 3.26. The number of benzene rings is 1. The number of hydrogen-bond donors (Lipinski definition) is 1. The Kier molecular flexibility index (Phi) is 3.55. The minimum atomic E-state index is -0.227. The Morgan fingerprint density at radius 3 is 2.72 bits per heavy atom. The van der Waals surface area contributed by atoms with Gasteiger partial charge in [0.25, 0.3) is 0 Å². The van der Waals surface area contributed by atoms with Crippen molar-refractivity contribution in [1.29, 1.82) is 0 Å². The number of amides is 1. The van der Waals surface area contributed by atoms with Gasteiger partial charge in [-0.15, -0.1) is 0 Å². The van der Waals surface area contributed by atoms with E-state index in [9.17, 15) is 4.79 Å². The second kappa shape index (κ2) is 4.97. The van der Waals surface area contributed by atoms with Crippen LogP contribution < -0.4 is 5.73 Å². The first kappa shape index (κ1) is 12.9. The molecule has 2 nitrogen and oxygen atoms in total. The number of fused-ring (bicyclic) bond motifs is 1. The first-order valence-corrected chi connectivity index (χ1v) is 6.56. The van der Waals surface area contributed by atoms with Crippen molar-refractivity contribution < 1.29 is 4.79 Å². The summed E-state index contributed by atoms with van der Waals surface area (Å²) in [6.45, 7) is 6.52. The highest BCUT2D eigenvalue weighted by atomic mass is 16.1. The lowest BCUT2D eigenvalue weighted by atomic mass is 9.90. The predicted molar refractivity (Wildman–Crippen MR) is 75.2 cm³/mol. The third kappa shape index (κ3) is 2.63. The van der Waals surface area contributed by atoms with E-state index in [4.69, 9.17) is 5.73 Å². The van der Waals surface area contributed by atoms with E-state index >= 15 is 0 Å². The van der Waals surface area contributed by atoms with Crippen molar-refractivity contribution in [2.45, 2.75) is 39.5 Å². The Morgan fingerprint density at radius 2 is 2.11 bits per heavy atom. The molecule has 96 valence electrons. The maximum Gasteiger partial charge on any atom is 0.218 e. The molecule has 1 aromatic carbocycles. The van der Waals surface area contributed by atoms with Crippen LogP contribution in [0.5, 0.6) is 0 Å². The van der Waals surface area contributed by atoms with Gasteiger partial charge in [0.15, 0.2) is 0 Å². The van der Waals surface area contributed by atoms with Gasteiger partial charge in [-0.3, -0.25) is 4.79 Å². The normalized spacial score (nSPS) is 17.8. The van der Waals surface area contributed by atoms with Gasteiger partial charge in [-0.25, -0.2) is 0 Å². The Hall–Kier alpha value is -1.57.